The third kappa shape index (κ3) is 22.8. The van der Waals surface area contributed by atoms with E-state index in [1.807, 2.05) is 21.1 Å². The van der Waals surface area contributed by atoms with Crippen molar-refractivity contribution in [2.45, 2.75) is 109 Å². The van der Waals surface area contributed by atoms with Gasteiger partial charge in [-0.15, -0.1) is 0 Å². The highest BCUT2D eigenvalue weighted by Gasteiger charge is 2.39. The molecule has 0 atom stereocenters. The van der Waals surface area contributed by atoms with Gasteiger partial charge in [-0.25, -0.2) is 0 Å². The van der Waals surface area contributed by atoms with Crippen molar-refractivity contribution in [2.75, 3.05) is 61.0 Å². The quantitative estimate of drug-likeness (QED) is 0.0785. The number of hydrogen-bond donors (Lipinski definition) is 3. The number of amides is 2. The van der Waals surface area contributed by atoms with Crippen LogP contribution in [0, 0.1) is 0 Å². The summed E-state index contributed by atoms with van der Waals surface area (Å²) < 4.78 is 19.3. The SMILES string of the molecule is CNCCCC[Si](C)(C)O[Si](C)(C)O[Si](C)(C)CCCCNC(=O)C[N+](C)(C)CC(=O)NCCCC[Si](C)(C)OC. The predicted octanol–water partition coefficient (Wildman–Crippen LogP) is 4.85. The van der Waals surface area contributed by atoms with E-state index < -0.39 is 33.5 Å². The molecule has 0 spiro atoms. The molecular formula is C28H67N4O5Si4+. The van der Waals surface area contributed by atoms with Crippen LogP contribution >= 0.6 is 0 Å². The Morgan fingerprint density at radius 2 is 0.976 bits per heavy atom. The van der Waals surface area contributed by atoms with Crippen LogP contribution in [0.2, 0.25) is 70.5 Å². The van der Waals surface area contributed by atoms with Crippen molar-refractivity contribution in [3.63, 3.8) is 0 Å². The van der Waals surface area contributed by atoms with E-state index >= 15 is 0 Å². The largest absolute Gasteiger partial charge is 0.437 e. The summed E-state index contributed by atoms with van der Waals surface area (Å²) in [6.45, 7) is 21.0. The van der Waals surface area contributed by atoms with Crippen LogP contribution in [0.5, 0.6) is 0 Å². The van der Waals surface area contributed by atoms with Crippen molar-refractivity contribution in [2.24, 2.45) is 0 Å². The van der Waals surface area contributed by atoms with E-state index in [-0.39, 0.29) is 18.4 Å². The highest BCUT2D eigenvalue weighted by atomic mass is 28.5. The van der Waals surface area contributed by atoms with Gasteiger partial charge in [0.1, 0.15) is 0 Å². The number of quaternary nitrogens is 1. The second-order valence-electron chi connectivity index (χ2n) is 14.5. The molecule has 0 unspecified atom stereocenters. The maximum Gasteiger partial charge on any atom is 0.311 e. The van der Waals surface area contributed by atoms with E-state index in [1.54, 1.807) is 7.11 Å². The van der Waals surface area contributed by atoms with E-state index in [2.05, 4.69) is 68.3 Å². The van der Waals surface area contributed by atoms with Crippen molar-refractivity contribution in [3.8, 4) is 0 Å². The van der Waals surface area contributed by atoms with Crippen LogP contribution in [0.1, 0.15) is 38.5 Å². The number of carbonyl (C=O) groups is 2. The summed E-state index contributed by atoms with van der Waals surface area (Å²) >= 11 is 0. The number of nitrogens with one attached hydrogen (secondary N) is 3. The van der Waals surface area contributed by atoms with Crippen LogP contribution in [0.4, 0.5) is 0 Å². The molecule has 0 saturated carbocycles. The van der Waals surface area contributed by atoms with Crippen molar-refractivity contribution >= 4 is 45.3 Å². The minimum absolute atomic E-state index is 0.00598. The number of carbonyl (C=O) groups excluding carboxylic acids is 2. The molecule has 9 nitrogen and oxygen atoms in total. The summed E-state index contributed by atoms with van der Waals surface area (Å²) in [7, 11) is 0.329. The van der Waals surface area contributed by atoms with Crippen LogP contribution < -0.4 is 16.0 Å². The van der Waals surface area contributed by atoms with E-state index in [1.165, 1.54) is 18.9 Å². The van der Waals surface area contributed by atoms with Crippen molar-refractivity contribution in [1.82, 2.24) is 16.0 Å². The Morgan fingerprint density at radius 3 is 1.34 bits per heavy atom. The Morgan fingerprint density at radius 1 is 0.610 bits per heavy atom. The monoisotopic (exact) mass is 651 g/mol. The molecule has 0 aromatic carbocycles. The van der Waals surface area contributed by atoms with Gasteiger partial charge in [0.25, 0.3) is 11.8 Å². The molecule has 0 fully saturated rings. The van der Waals surface area contributed by atoms with Gasteiger partial charge in [-0.1, -0.05) is 19.3 Å². The number of likely N-dealkylation sites (N-methyl/N-ethyl adjacent to an activating group) is 1. The smallest absolute Gasteiger partial charge is 0.311 e. The summed E-state index contributed by atoms with van der Waals surface area (Å²) in [4.78, 5) is 25.0. The average Bonchev–Trinajstić information content (AvgIpc) is 2.79. The maximum atomic E-state index is 12.6. The summed E-state index contributed by atoms with van der Waals surface area (Å²) in [5.41, 5.74) is 0. The Bertz CT molecular complexity index is 768. The minimum atomic E-state index is -2.19. The number of unbranched alkanes of at least 4 members (excludes halogenated alkanes) is 3. The molecule has 13 heteroatoms. The van der Waals surface area contributed by atoms with E-state index in [9.17, 15) is 9.59 Å². The third-order valence-corrected chi connectivity index (χ3v) is 21.4. The summed E-state index contributed by atoms with van der Waals surface area (Å²) in [6, 6.07) is 3.32. The molecule has 0 aliphatic carbocycles. The van der Waals surface area contributed by atoms with Gasteiger partial charge in [-0.2, -0.15) is 0 Å². The molecule has 2 amide bonds. The Labute approximate surface area is 257 Å². The molecule has 244 valence electrons. The first-order valence-electron chi connectivity index (χ1n) is 15.7. The lowest BCUT2D eigenvalue weighted by atomic mass is 10.3. The molecule has 3 N–H and O–H groups in total. The van der Waals surface area contributed by atoms with Gasteiger partial charge in [0.2, 0.25) is 0 Å². The molecule has 0 radical (unpaired) electrons. The fourth-order valence-electron chi connectivity index (χ4n) is 5.16. The zero-order valence-electron chi connectivity index (χ0n) is 28.9. The van der Waals surface area contributed by atoms with Gasteiger partial charge < -0.3 is 33.1 Å². The Hall–Kier alpha value is -0.392. The molecule has 0 aromatic heterocycles. The van der Waals surface area contributed by atoms with Crippen LogP contribution in [-0.2, 0) is 22.2 Å². The topological polar surface area (TPSA) is 97.9 Å². The molecule has 0 aromatic rings. The fourth-order valence-corrected chi connectivity index (χ4v) is 20.7. The van der Waals surface area contributed by atoms with Crippen LogP contribution in [-0.4, -0.2) is 111 Å². The first kappa shape index (κ1) is 40.6. The first-order valence-corrected chi connectivity index (χ1v) is 27.9. The highest BCUT2D eigenvalue weighted by molar-refractivity contribution is 6.87. The second kappa shape index (κ2) is 19.1. The zero-order chi connectivity index (χ0) is 31.8. The Balaban J connectivity index is 4.29. The zero-order valence-corrected chi connectivity index (χ0v) is 32.9. The normalized spacial score (nSPS) is 13.4. The maximum absolute atomic E-state index is 12.6. The summed E-state index contributed by atoms with van der Waals surface area (Å²) in [6.07, 6.45) is 6.36. The molecule has 0 bridgehead atoms. The highest BCUT2D eigenvalue weighted by Crippen LogP contribution is 2.26. The van der Waals surface area contributed by atoms with Gasteiger partial charge in [-0.05, 0) is 103 Å². The lowest BCUT2D eigenvalue weighted by Gasteiger charge is -2.39. The Kier molecular flexibility index (Phi) is 18.9. The van der Waals surface area contributed by atoms with E-state index in [0.717, 1.165) is 44.3 Å². The van der Waals surface area contributed by atoms with Gasteiger partial charge in [0.05, 0.1) is 14.1 Å². The van der Waals surface area contributed by atoms with Crippen LogP contribution in [0.15, 0.2) is 0 Å². The predicted molar refractivity (Wildman–Crippen MR) is 183 cm³/mol. The number of rotatable bonds is 24. The molecule has 0 saturated heterocycles. The fraction of sp³-hybridized carbons (Fsp3) is 0.929. The molecule has 0 aliphatic heterocycles. The van der Waals surface area contributed by atoms with E-state index in [0.29, 0.717) is 24.1 Å². The number of hydrogen-bond acceptors (Lipinski definition) is 6. The molecule has 0 heterocycles. The standard InChI is InChI=1S/C28H66N4O5Si4/c1-29-19-13-16-23-39(7,8)36-41(11,12)37-40(9,10)24-18-15-21-31-28(34)26-32(2,3)25-27(33)30-20-14-17-22-38(5,6)35-4/h29H,13-26H2,1-12H3,(H-,30,31,33,34)/p+1. The van der Waals surface area contributed by atoms with E-state index in [4.69, 9.17) is 12.7 Å². The van der Waals surface area contributed by atoms with Gasteiger partial charge in [0, 0.05) is 20.2 Å². The summed E-state index contributed by atoms with van der Waals surface area (Å²) in [5, 5.41) is 9.28. The first-order chi connectivity index (χ1) is 18.7. The number of nitrogens with zero attached hydrogens (tertiary/aromatic N) is 1. The lowest BCUT2D eigenvalue weighted by Crippen LogP contribution is -2.52. The van der Waals surface area contributed by atoms with Crippen molar-refractivity contribution < 1.29 is 26.7 Å². The molecular weight excluding hydrogens is 585 g/mol. The lowest BCUT2D eigenvalue weighted by molar-refractivity contribution is -0.874. The minimum Gasteiger partial charge on any atom is -0.437 e. The molecule has 41 heavy (non-hydrogen) atoms. The van der Waals surface area contributed by atoms with Crippen LogP contribution in [0.25, 0.3) is 0 Å². The molecule has 0 aliphatic rings. The third-order valence-electron chi connectivity index (χ3n) is 7.25. The van der Waals surface area contributed by atoms with Crippen molar-refractivity contribution in [1.29, 1.82) is 0 Å². The molecule has 0 rings (SSSR count). The van der Waals surface area contributed by atoms with Gasteiger partial charge in [0.15, 0.2) is 38.0 Å². The second-order valence-corrected chi connectivity index (χ2v) is 31.4. The van der Waals surface area contributed by atoms with Gasteiger partial charge >= 0.3 is 8.56 Å². The van der Waals surface area contributed by atoms with Gasteiger partial charge in [-0.3, -0.25) is 9.59 Å². The van der Waals surface area contributed by atoms with Crippen LogP contribution in [0.3, 0.4) is 0 Å². The van der Waals surface area contributed by atoms with Crippen molar-refractivity contribution in [3.05, 3.63) is 0 Å². The summed E-state index contributed by atoms with van der Waals surface area (Å²) in [5.74, 6) is -0.0142. The average molecular weight is 652 g/mol.